The van der Waals surface area contributed by atoms with E-state index < -0.39 is 0 Å². The minimum atomic E-state index is 0. The van der Waals surface area contributed by atoms with Gasteiger partial charge in [-0.2, -0.15) is 0 Å². The molecule has 125 valence electrons. The van der Waals surface area contributed by atoms with E-state index in [1.54, 1.807) is 20.8 Å². The van der Waals surface area contributed by atoms with Crippen LogP contribution in [0.2, 0.25) is 0 Å². The summed E-state index contributed by atoms with van der Waals surface area (Å²) in [5, 5.41) is 2.57. The molecule has 2 atom stereocenters. The molecule has 4 heteroatoms. The molecule has 0 amide bonds. The van der Waals surface area contributed by atoms with Gasteiger partial charge in [-0.05, 0) is 0 Å². The molecule has 0 fully saturated rings. The van der Waals surface area contributed by atoms with Crippen LogP contribution in [-0.4, -0.2) is 0 Å². The maximum absolute atomic E-state index is 5.70. The van der Waals surface area contributed by atoms with E-state index >= 15 is 0 Å². The van der Waals surface area contributed by atoms with Gasteiger partial charge in [-0.15, -0.1) is 0 Å². The molecule has 0 bridgehead atoms. The minimum Gasteiger partial charge on any atom is -1.00 e. The van der Waals surface area contributed by atoms with Crippen molar-refractivity contribution in [3.63, 3.8) is 0 Å². The van der Waals surface area contributed by atoms with E-state index in [4.69, 9.17) is 3.32 Å². The predicted molar refractivity (Wildman–Crippen MR) is 89.0 cm³/mol. The maximum Gasteiger partial charge on any atom is -1.00 e. The van der Waals surface area contributed by atoms with Crippen LogP contribution in [0.5, 0.6) is 0 Å². The summed E-state index contributed by atoms with van der Waals surface area (Å²) in [6.45, 7) is 8.87. The fourth-order valence-electron chi connectivity index (χ4n) is 3.61. The van der Waals surface area contributed by atoms with Gasteiger partial charge in [-0.25, -0.2) is 0 Å². The van der Waals surface area contributed by atoms with Crippen molar-refractivity contribution in [1.82, 2.24) is 0 Å². The molecule has 0 saturated heterocycles. The van der Waals surface area contributed by atoms with Gasteiger partial charge in [0.15, 0.2) is 0 Å². The molecule has 2 aromatic carbocycles. The zero-order chi connectivity index (χ0) is 15.9. The molecule has 0 aromatic heterocycles. The van der Waals surface area contributed by atoms with Crippen LogP contribution in [0.15, 0.2) is 53.6 Å². The van der Waals surface area contributed by atoms with Gasteiger partial charge in [0.2, 0.25) is 0 Å². The van der Waals surface area contributed by atoms with Gasteiger partial charge in [0.25, 0.3) is 0 Å². The number of rotatable bonds is 3. The first-order chi connectivity index (χ1) is 10.5. The molecule has 1 aliphatic rings. The predicted octanol–water partition coefficient (Wildman–Crippen LogP) is -0.243. The number of hydrogen-bond donors (Lipinski definition) is 0. The van der Waals surface area contributed by atoms with Gasteiger partial charge < -0.3 is 24.8 Å². The Morgan fingerprint density at radius 3 is 2.29 bits per heavy atom. The first-order valence-corrected chi connectivity index (χ1v) is 8.42. The summed E-state index contributed by atoms with van der Waals surface area (Å²) in [6.07, 6.45) is 2.44. The average Bonchev–Trinajstić information content (AvgIpc) is 2.78. The van der Waals surface area contributed by atoms with Crippen molar-refractivity contribution < 1.29 is 49.0 Å². The second kappa shape index (κ2) is 8.69. The summed E-state index contributed by atoms with van der Waals surface area (Å²) >= 11 is 1.79. The maximum atomic E-state index is 5.70. The molecule has 1 nitrogen and oxygen atoms in total. The summed E-state index contributed by atoms with van der Waals surface area (Å²) in [6, 6.07) is 13.1. The summed E-state index contributed by atoms with van der Waals surface area (Å²) in [7, 11) is 0. The smallest absolute Gasteiger partial charge is 1.00 e. The van der Waals surface area contributed by atoms with E-state index in [1.165, 1.54) is 38.6 Å². The Morgan fingerprint density at radius 1 is 1.04 bits per heavy atom. The van der Waals surface area contributed by atoms with Crippen molar-refractivity contribution in [3.8, 4) is 0 Å². The SMILES string of the molecule is CC1=CC(C)C(c2ccc3ccccc3c2C(C)[O][Ti+2])=C1C.[Cl-].[Cl-]. The zero-order valence-corrected chi connectivity index (χ0v) is 17.4. The average molecular weight is 396 g/mol. The zero-order valence-electron chi connectivity index (χ0n) is 14.4. The molecule has 2 aromatic rings. The van der Waals surface area contributed by atoms with Crippen LogP contribution in [0.25, 0.3) is 16.3 Å². The molecule has 0 aliphatic heterocycles. The third kappa shape index (κ3) is 3.66. The van der Waals surface area contributed by atoms with E-state index in [2.05, 4.69) is 70.2 Å². The molecule has 1 aliphatic carbocycles. The van der Waals surface area contributed by atoms with Crippen LogP contribution in [0.1, 0.15) is 44.9 Å². The second-order valence-corrected chi connectivity index (χ2v) is 6.55. The molecular weight excluding hydrogens is 375 g/mol. The van der Waals surface area contributed by atoms with Crippen LogP contribution in [0.4, 0.5) is 0 Å². The third-order valence-electron chi connectivity index (χ3n) is 4.80. The van der Waals surface area contributed by atoms with E-state index in [0.29, 0.717) is 5.92 Å². The third-order valence-corrected chi connectivity index (χ3v) is 5.35. The van der Waals surface area contributed by atoms with Gasteiger partial charge in [0.1, 0.15) is 0 Å². The monoisotopic (exact) mass is 395 g/mol. The van der Waals surface area contributed by atoms with Crippen LogP contribution < -0.4 is 24.8 Å². The summed E-state index contributed by atoms with van der Waals surface area (Å²) in [4.78, 5) is 0. The van der Waals surface area contributed by atoms with Crippen molar-refractivity contribution in [2.24, 2.45) is 5.92 Å². The van der Waals surface area contributed by atoms with Gasteiger partial charge in [0.05, 0.1) is 0 Å². The normalized spacial score (nSPS) is 18.1. The topological polar surface area (TPSA) is 9.23 Å². The van der Waals surface area contributed by atoms with Crippen LogP contribution in [-0.2, 0) is 24.1 Å². The van der Waals surface area contributed by atoms with E-state index in [0.717, 1.165) is 0 Å². The quantitative estimate of drug-likeness (QED) is 0.651. The molecule has 0 N–H and O–H groups in total. The van der Waals surface area contributed by atoms with Crippen LogP contribution in [0, 0.1) is 5.92 Å². The van der Waals surface area contributed by atoms with Crippen molar-refractivity contribution in [2.75, 3.05) is 0 Å². The van der Waals surface area contributed by atoms with Crippen molar-refractivity contribution in [2.45, 2.75) is 33.8 Å². The van der Waals surface area contributed by atoms with E-state index in [-0.39, 0.29) is 30.9 Å². The fraction of sp³-hybridized carbons (Fsp3) is 0.300. The molecule has 24 heavy (non-hydrogen) atoms. The van der Waals surface area contributed by atoms with Crippen LogP contribution in [0.3, 0.4) is 0 Å². The Bertz CT molecular complexity index is 795. The molecule has 0 radical (unpaired) electrons. The Balaban J connectivity index is 0.00000144. The molecule has 2 unspecified atom stereocenters. The second-order valence-electron chi connectivity index (χ2n) is 6.19. The number of hydrogen-bond acceptors (Lipinski definition) is 1. The minimum absolute atomic E-state index is 0. The first-order valence-electron chi connectivity index (χ1n) is 7.78. The first kappa shape index (κ1) is 21.5. The van der Waals surface area contributed by atoms with Crippen LogP contribution >= 0.6 is 0 Å². The molecule has 0 saturated carbocycles. The standard InChI is InChI=1S/C20H21O.2ClH.Ti/c1-12-11-13(2)19(14(12)3)18-10-9-16-7-5-6-8-17(16)20(18)15(4)21;;;/h5-11,13,15H,1-4H3;2*1H;/q-1;;;+3/p-2. The number of benzene rings is 2. The Kier molecular flexibility index (Phi) is 7.78. The molecule has 0 heterocycles. The fourth-order valence-corrected chi connectivity index (χ4v) is 3.80. The largest absolute Gasteiger partial charge is 1.00 e. The van der Waals surface area contributed by atoms with Crippen molar-refractivity contribution in [1.29, 1.82) is 0 Å². The van der Waals surface area contributed by atoms with Gasteiger partial charge >= 0.3 is 145 Å². The Hall–Kier alpha value is -0.566. The Morgan fingerprint density at radius 2 is 1.71 bits per heavy atom. The Labute approximate surface area is 169 Å². The number of halogens is 2. The summed E-state index contributed by atoms with van der Waals surface area (Å²) < 4.78 is 5.70. The van der Waals surface area contributed by atoms with Crippen molar-refractivity contribution >= 4 is 16.3 Å². The molecule has 0 spiro atoms. The number of fused-ring (bicyclic) bond motifs is 1. The van der Waals surface area contributed by atoms with E-state index in [1.807, 2.05) is 0 Å². The van der Waals surface area contributed by atoms with Crippen molar-refractivity contribution in [3.05, 3.63) is 64.7 Å². The summed E-state index contributed by atoms with van der Waals surface area (Å²) in [5.74, 6) is 0.462. The molecule has 3 rings (SSSR count). The van der Waals surface area contributed by atoms with Gasteiger partial charge in [0, 0.05) is 0 Å². The summed E-state index contributed by atoms with van der Waals surface area (Å²) in [5.41, 5.74) is 6.90. The number of allylic oxidation sites excluding steroid dienone is 4. The molecular formula is C20H21Cl2OTi. The van der Waals surface area contributed by atoms with Gasteiger partial charge in [-0.3, -0.25) is 0 Å². The van der Waals surface area contributed by atoms with Gasteiger partial charge in [-0.1, -0.05) is 0 Å². The van der Waals surface area contributed by atoms with E-state index in [9.17, 15) is 0 Å².